The number of para-hydroxylation sites is 2. The fraction of sp³-hybridized carbons (Fsp3) is 0.300. The molecule has 0 fully saturated rings. The van der Waals surface area contributed by atoms with Gasteiger partial charge >= 0.3 is 0 Å². The molecule has 0 bridgehead atoms. The van der Waals surface area contributed by atoms with E-state index in [0.717, 1.165) is 5.75 Å². The van der Waals surface area contributed by atoms with E-state index >= 15 is 0 Å². The molecule has 1 aromatic rings. The van der Waals surface area contributed by atoms with Crippen LogP contribution in [0.25, 0.3) is 0 Å². The molecule has 2 rings (SSSR count). The van der Waals surface area contributed by atoms with Gasteiger partial charge in [0.2, 0.25) is 6.08 Å². The second kappa shape index (κ2) is 3.94. The van der Waals surface area contributed by atoms with E-state index in [1.165, 1.54) is 6.08 Å². The van der Waals surface area contributed by atoms with E-state index in [2.05, 4.69) is 4.99 Å². The molecule has 0 radical (unpaired) electrons. The van der Waals surface area contributed by atoms with Gasteiger partial charge in [0.05, 0.1) is 6.54 Å². The molecule has 1 aliphatic rings. The predicted octanol–water partition coefficient (Wildman–Crippen LogP) is 1.16. The number of rotatable bonds is 2. The van der Waals surface area contributed by atoms with Crippen molar-refractivity contribution in [3.63, 3.8) is 0 Å². The summed E-state index contributed by atoms with van der Waals surface area (Å²) < 4.78 is 11.0. The summed E-state index contributed by atoms with van der Waals surface area (Å²) in [7, 11) is 0. The molecule has 0 N–H and O–H groups in total. The Kier molecular flexibility index (Phi) is 2.47. The maximum absolute atomic E-state index is 9.91. The van der Waals surface area contributed by atoms with Gasteiger partial charge in [-0.1, -0.05) is 12.1 Å². The number of fused-ring (bicyclic) bond motifs is 1. The van der Waals surface area contributed by atoms with Gasteiger partial charge in [-0.2, -0.15) is 0 Å². The highest BCUT2D eigenvalue weighted by Gasteiger charge is 2.19. The van der Waals surface area contributed by atoms with Crippen molar-refractivity contribution in [2.45, 2.75) is 6.10 Å². The molecule has 1 aliphatic heterocycles. The van der Waals surface area contributed by atoms with Crippen molar-refractivity contribution in [1.29, 1.82) is 0 Å². The lowest BCUT2D eigenvalue weighted by Gasteiger charge is -2.24. The molecule has 4 heteroatoms. The van der Waals surface area contributed by atoms with Gasteiger partial charge in [0.25, 0.3) is 0 Å². The molecular formula is C10H9NO3. The van der Waals surface area contributed by atoms with Gasteiger partial charge in [-0.3, -0.25) is 0 Å². The monoisotopic (exact) mass is 191 g/mol. The maximum atomic E-state index is 9.91. The number of benzene rings is 1. The quantitative estimate of drug-likeness (QED) is 0.520. The molecule has 0 spiro atoms. The fourth-order valence-electron chi connectivity index (χ4n) is 1.29. The van der Waals surface area contributed by atoms with Gasteiger partial charge in [-0.25, -0.2) is 9.79 Å². The standard InChI is InChI=1S/C10H9NO3/c12-7-11-5-8-6-13-9-3-1-2-4-10(9)14-8/h1-4,8H,5-6H2. The molecule has 0 aromatic heterocycles. The number of aliphatic imine (C=N–C) groups is 1. The van der Waals surface area contributed by atoms with Gasteiger partial charge in [-0.05, 0) is 12.1 Å². The highest BCUT2D eigenvalue weighted by atomic mass is 16.6. The van der Waals surface area contributed by atoms with Crippen molar-refractivity contribution in [2.24, 2.45) is 4.99 Å². The highest BCUT2D eigenvalue weighted by molar-refractivity contribution is 5.40. The summed E-state index contributed by atoms with van der Waals surface area (Å²) in [5.41, 5.74) is 0. The fourth-order valence-corrected chi connectivity index (χ4v) is 1.29. The van der Waals surface area contributed by atoms with E-state index in [4.69, 9.17) is 9.47 Å². The predicted molar refractivity (Wildman–Crippen MR) is 49.3 cm³/mol. The van der Waals surface area contributed by atoms with Crippen molar-refractivity contribution in [3.8, 4) is 11.5 Å². The zero-order valence-corrected chi connectivity index (χ0v) is 7.47. The van der Waals surface area contributed by atoms with E-state index in [0.29, 0.717) is 12.4 Å². The lowest BCUT2D eigenvalue weighted by atomic mass is 10.2. The Morgan fingerprint density at radius 1 is 1.43 bits per heavy atom. The van der Waals surface area contributed by atoms with E-state index in [-0.39, 0.29) is 12.6 Å². The number of nitrogens with zero attached hydrogens (tertiary/aromatic N) is 1. The Hall–Kier alpha value is -1.80. The molecular weight excluding hydrogens is 182 g/mol. The Labute approximate surface area is 81.2 Å². The molecule has 0 saturated heterocycles. The zero-order chi connectivity index (χ0) is 9.80. The summed E-state index contributed by atoms with van der Waals surface area (Å²) in [6, 6.07) is 7.42. The molecule has 0 saturated carbocycles. The summed E-state index contributed by atoms with van der Waals surface area (Å²) in [6.07, 6.45) is 1.29. The van der Waals surface area contributed by atoms with Gasteiger partial charge in [0.1, 0.15) is 6.61 Å². The van der Waals surface area contributed by atoms with Crippen molar-refractivity contribution in [2.75, 3.05) is 13.2 Å². The summed E-state index contributed by atoms with van der Waals surface area (Å²) in [6.45, 7) is 0.708. The van der Waals surface area contributed by atoms with Crippen LogP contribution in [0.5, 0.6) is 11.5 Å². The Morgan fingerprint density at radius 3 is 3.00 bits per heavy atom. The van der Waals surface area contributed by atoms with Gasteiger partial charge in [-0.15, -0.1) is 0 Å². The number of hydrogen-bond donors (Lipinski definition) is 0. The third kappa shape index (κ3) is 1.75. The smallest absolute Gasteiger partial charge is 0.235 e. The largest absolute Gasteiger partial charge is 0.486 e. The van der Waals surface area contributed by atoms with Crippen LogP contribution in [0.1, 0.15) is 0 Å². The minimum absolute atomic E-state index is 0.189. The number of hydrogen-bond acceptors (Lipinski definition) is 4. The molecule has 0 aliphatic carbocycles. The van der Waals surface area contributed by atoms with E-state index < -0.39 is 0 Å². The second-order valence-corrected chi connectivity index (χ2v) is 2.93. The first-order valence-corrected chi connectivity index (χ1v) is 4.32. The van der Waals surface area contributed by atoms with Crippen LogP contribution < -0.4 is 9.47 Å². The first-order valence-electron chi connectivity index (χ1n) is 4.32. The van der Waals surface area contributed by atoms with Crippen LogP contribution >= 0.6 is 0 Å². The van der Waals surface area contributed by atoms with E-state index in [1.54, 1.807) is 0 Å². The average Bonchev–Trinajstić information content (AvgIpc) is 2.26. The highest BCUT2D eigenvalue weighted by Crippen LogP contribution is 2.30. The van der Waals surface area contributed by atoms with Crippen molar-refractivity contribution >= 4 is 6.08 Å². The number of isocyanates is 1. The van der Waals surface area contributed by atoms with E-state index in [9.17, 15) is 4.79 Å². The molecule has 14 heavy (non-hydrogen) atoms. The van der Waals surface area contributed by atoms with Crippen LogP contribution in [0, 0.1) is 0 Å². The Balaban J connectivity index is 2.09. The molecule has 4 nitrogen and oxygen atoms in total. The van der Waals surface area contributed by atoms with Gasteiger partial charge < -0.3 is 9.47 Å². The third-order valence-corrected chi connectivity index (χ3v) is 1.93. The minimum atomic E-state index is -0.189. The number of carbonyl (C=O) groups excluding carboxylic acids is 1. The first-order chi connectivity index (χ1) is 6.90. The second-order valence-electron chi connectivity index (χ2n) is 2.93. The van der Waals surface area contributed by atoms with Crippen molar-refractivity contribution in [1.82, 2.24) is 0 Å². The average molecular weight is 191 g/mol. The molecule has 1 atom stereocenters. The molecule has 72 valence electrons. The van der Waals surface area contributed by atoms with Crippen LogP contribution in [-0.4, -0.2) is 25.3 Å². The van der Waals surface area contributed by atoms with Gasteiger partial charge in [0.15, 0.2) is 17.6 Å². The lowest BCUT2D eigenvalue weighted by molar-refractivity contribution is 0.0972. The van der Waals surface area contributed by atoms with Crippen LogP contribution in [-0.2, 0) is 4.79 Å². The molecule has 1 aromatic carbocycles. The Bertz CT molecular complexity index is 371. The van der Waals surface area contributed by atoms with Crippen molar-refractivity contribution < 1.29 is 14.3 Å². The first kappa shape index (κ1) is 8.78. The summed E-state index contributed by atoms with van der Waals surface area (Å²) >= 11 is 0. The summed E-state index contributed by atoms with van der Waals surface area (Å²) in [4.78, 5) is 13.4. The van der Waals surface area contributed by atoms with Crippen LogP contribution in [0.4, 0.5) is 0 Å². The topological polar surface area (TPSA) is 47.9 Å². The maximum Gasteiger partial charge on any atom is 0.235 e. The molecule has 0 amide bonds. The minimum Gasteiger partial charge on any atom is -0.486 e. The summed E-state index contributed by atoms with van der Waals surface area (Å²) in [5, 5.41) is 0. The van der Waals surface area contributed by atoms with Crippen LogP contribution in [0.3, 0.4) is 0 Å². The lowest BCUT2D eigenvalue weighted by Crippen LogP contribution is -2.31. The van der Waals surface area contributed by atoms with Crippen LogP contribution in [0.2, 0.25) is 0 Å². The third-order valence-electron chi connectivity index (χ3n) is 1.93. The SMILES string of the molecule is O=C=NCC1COc2ccccc2O1. The Morgan fingerprint density at radius 2 is 2.21 bits per heavy atom. The number of ether oxygens (including phenoxy) is 2. The van der Waals surface area contributed by atoms with E-state index in [1.807, 2.05) is 24.3 Å². The summed E-state index contributed by atoms with van der Waals surface area (Å²) in [5.74, 6) is 1.43. The molecule has 1 unspecified atom stereocenters. The molecule has 1 heterocycles. The normalized spacial score (nSPS) is 18.4. The van der Waals surface area contributed by atoms with Gasteiger partial charge in [0, 0.05) is 0 Å². The van der Waals surface area contributed by atoms with Crippen LogP contribution in [0.15, 0.2) is 29.3 Å². The zero-order valence-electron chi connectivity index (χ0n) is 7.47. The van der Waals surface area contributed by atoms with Crippen molar-refractivity contribution in [3.05, 3.63) is 24.3 Å².